The summed E-state index contributed by atoms with van der Waals surface area (Å²) in [4.78, 5) is 0. The molecule has 0 heterocycles. The molecule has 0 fully saturated rings. The SMILES string of the molecule is CC(C)(C)C/C=C/C(F)(F)C(F)(F)C(F)(F)C(F)(F)F. The van der Waals surface area contributed by atoms with Crippen molar-refractivity contribution in [2.75, 3.05) is 0 Å². The van der Waals surface area contributed by atoms with Crippen LogP contribution in [0.15, 0.2) is 12.2 Å². The molecule has 0 spiro atoms. The predicted octanol–water partition coefficient (Wildman–Crippen LogP) is 5.45. The third-order valence-corrected chi connectivity index (χ3v) is 2.23. The topological polar surface area (TPSA) is 0 Å². The highest BCUT2D eigenvalue weighted by molar-refractivity contribution is 5.10. The molecular formula is C11H13F9. The lowest BCUT2D eigenvalue weighted by Crippen LogP contribution is -2.60. The van der Waals surface area contributed by atoms with Crippen LogP contribution in [0, 0.1) is 5.41 Å². The maximum atomic E-state index is 13.0. The Balaban J connectivity index is 5.38. The van der Waals surface area contributed by atoms with E-state index in [0.29, 0.717) is 6.08 Å². The van der Waals surface area contributed by atoms with E-state index in [0.717, 1.165) is 0 Å². The Labute approximate surface area is 109 Å². The standard InChI is InChI=1S/C11H13F9/c1-7(2,3)5-4-6-8(12,13)9(14,15)10(16,17)11(18,19)20/h4,6H,5H2,1-3H3/b6-4+. The van der Waals surface area contributed by atoms with Crippen LogP contribution in [0.4, 0.5) is 39.5 Å². The normalized spacial score (nSPS) is 16.0. The van der Waals surface area contributed by atoms with Crippen molar-refractivity contribution in [2.45, 2.75) is 51.1 Å². The van der Waals surface area contributed by atoms with Gasteiger partial charge < -0.3 is 0 Å². The van der Waals surface area contributed by atoms with Crippen molar-refractivity contribution in [1.82, 2.24) is 0 Å². The summed E-state index contributed by atoms with van der Waals surface area (Å²) in [5.74, 6) is -19.0. The molecule has 0 bridgehead atoms. The van der Waals surface area contributed by atoms with E-state index >= 15 is 0 Å². The number of allylic oxidation sites excluding steroid dienone is 2. The predicted molar refractivity (Wildman–Crippen MR) is 54.1 cm³/mol. The van der Waals surface area contributed by atoms with Gasteiger partial charge in [-0.25, -0.2) is 0 Å². The maximum Gasteiger partial charge on any atom is 0.460 e. The average Bonchev–Trinajstić information content (AvgIpc) is 2.12. The monoisotopic (exact) mass is 316 g/mol. The molecule has 0 N–H and O–H groups in total. The second-order valence-corrected chi connectivity index (χ2v) is 5.44. The number of rotatable bonds is 4. The highest BCUT2D eigenvalue weighted by Gasteiger charge is 2.81. The summed E-state index contributed by atoms with van der Waals surface area (Å²) in [5.41, 5.74) is -0.617. The highest BCUT2D eigenvalue weighted by atomic mass is 19.4. The van der Waals surface area contributed by atoms with Gasteiger partial charge in [-0.1, -0.05) is 26.8 Å². The van der Waals surface area contributed by atoms with Gasteiger partial charge in [0.25, 0.3) is 0 Å². The van der Waals surface area contributed by atoms with Gasteiger partial charge in [0.15, 0.2) is 0 Å². The maximum absolute atomic E-state index is 13.0. The van der Waals surface area contributed by atoms with E-state index in [-0.39, 0.29) is 6.42 Å². The minimum atomic E-state index is -6.84. The summed E-state index contributed by atoms with van der Waals surface area (Å²) >= 11 is 0. The molecule has 0 nitrogen and oxygen atoms in total. The Kier molecular flexibility index (Phi) is 4.91. The zero-order valence-corrected chi connectivity index (χ0v) is 10.8. The van der Waals surface area contributed by atoms with Crippen molar-refractivity contribution in [3.8, 4) is 0 Å². The molecule has 0 saturated heterocycles. The van der Waals surface area contributed by atoms with E-state index in [2.05, 4.69) is 0 Å². The van der Waals surface area contributed by atoms with Crippen molar-refractivity contribution >= 4 is 0 Å². The van der Waals surface area contributed by atoms with Gasteiger partial charge in [0.05, 0.1) is 0 Å². The molecule has 0 aliphatic carbocycles. The molecule has 0 aromatic heterocycles. The van der Waals surface area contributed by atoms with Crippen LogP contribution in [0.25, 0.3) is 0 Å². The smallest absolute Gasteiger partial charge is 0.195 e. The van der Waals surface area contributed by atoms with Crippen LogP contribution in [0.3, 0.4) is 0 Å². The third kappa shape index (κ3) is 3.82. The quantitative estimate of drug-likeness (QED) is 0.478. The Hall–Kier alpha value is -0.890. The summed E-state index contributed by atoms with van der Waals surface area (Å²) in [5, 5.41) is 0. The van der Waals surface area contributed by atoms with Gasteiger partial charge in [-0.3, -0.25) is 0 Å². The summed E-state index contributed by atoms with van der Waals surface area (Å²) in [7, 11) is 0. The fraction of sp³-hybridized carbons (Fsp3) is 0.818. The third-order valence-electron chi connectivity index (χ3n) is 2.23. The van der Waals surface area contributed by atoms with Crippen LogP contribution in [-0.4, -0.2) is 23.9 Å². The molecule has 120 valence electrons. The molecule has 0 amide bonds. The molecule has 20 heavy (non-hydrogen) atoms. The first-order valence-corrected chi connectivity index (χ1v) is 5.33. The molecule has 0 aromatic carbocycles. The van der Waals surface area contributed by atoms with Crippen LogP contribution < -0.4 is 0 Å². The first kappa shape index (κ1) is 19.1. The Bertz CT molecular complexity index is 357. The molecule has 0 radical (unpaired) electrons. The zero-order valence-electron chi connectivity index (χ0n) is 10.8. The number of hydrogen-bond donors (Lipinski definition) is 0. The molecule has 9 heteroatoms. The summed E-state index contributed by atoms with van der Waals surface area (Å²) in [6.45, 7) is 4.62. The van der Waals surface area contributed by atoms with Crippen molar-refractivity contribution < 1.29 is 39.5 Å². The Morgan fingerprint density at radius 2 is 1.10 bits per heavy atom. The summed E-state index contributed by atoms with van der Waals surface area (Å²) in [6, 6.07) is 0. The Morgan fingerprint density at radius 3 is 1.40 bits per heavy atom. The lowest BCUT2D eigenvalue weighted by atomic mass is 9.91. The van der Waals surface area contributed by atoms with Gasteiger partial charge in [-0.05, 0) is 17.9 Å². The molecule has 0 aliphatic heterocycles. The molecule has 0 atom stereocenters. The van der Waals surface area contributed by atoms with E-state index in [4.69, 9.17) is 0 Å². The van der Waals surface area contributed by atoms with Crippen molar-refractivity contribution in [1.29, 1.82) is 0 Å². The van der Waals surface area contributed by atoms with Crippen LogP contribution in [0.2, 0.25) is 0 Å². The van der Waals surface area contributed by atoms with E-state index in [1.807, 2.05) is 0 Å². The first-order chi connectivity index (χ1) is 8.46. The lowest BCUT2D eigenvalue weighted by molar-refractivity contribution is -0.388. The second kappa shape index (κ2) is 5.14. The van der Waals surface area contributed by atoms with Crippen LogP contribution in [0.1, 0.15) is 27.2 Å². The lowest BCUT2D eigenvalue weighted by Gasteiger charge is -2.32. The molecule has 0 aliphatic rings. The zero-order chi connectivity index (χ0) is 16.6. The minimum absolute atomic E-state index is 0.198. The molecule has 0 saturated carbocycles. The fourth-order valence-corrected chi connectivity index (χ4v) is 1.05. The minimum Gasteiger partial charge on any atom is -0.195 e. The largest absolute Gasteiger partial charge is 0.460 e. The molecule has 0 aromatic rings. The van der Waals surface area contributed by atoms with Crippen LogP contribution in [0.5, 0.6) is 0 Å². The average molecular weight is 316 g/mol. The number of alkyl halides is 9. The van der Waals surface area contributed by atoms with Gasteiger partial charge in [-0.2, -0.15) is 39.5 Å². The fourth-order valence-electron chi connectivity index (χ4n) is 1.05. The van der Waals surface area contributed by atoms with Gasteiger partial charge in [-0.15, -0.1) is 0 Å². The number of halogens is 9. The van der Waals surface area contributed by atoms with E-state index in [1.54, 1.807) is 0 Å². The van der Waals surface area contributed by atoms with Crippen molar-refractivity contribution in [2.24, 2.45) is 5.41 Å². The highest BCUT2D eigenvalue weighted by Crippen LogP contribution is 2.53. The molecular weight excluding hydrogens is 303 g/mol. The van der Waals surface area contributed by atoms with Crippen LogP contribution >= 0.6 is 0 Å². The molecule has 0 rings (SSSR count). The number of hydrogen-bond acceptors (Lipinski definition) is 0. The second-order valence-electron chi connectivity index (χ2n) is 5.44. The van der Waals surface area contributed by atoms with Crippen LogP contribution in [-0.2, 0) is 0 Å². The van der Waals surface area contributed by atoms with Gasteiger partial charge in [0.1, 0.15) is 0 Å². The van der Waals surface area contributed by atoms with Gasteiger partial charge >= 0.3 is 23.9 Å². The van der Waals surface area contributed by atoms with Crippen molar-refractivity contribution in [3.05, 3.63) is 12.2 Å². The Morgan fingerprint density at radius 1 is 0.700 bits per heavy atom. The summed E-state index contributed by atoms with van der Waals surface area (Å²) in [6.07, 6.45) is -7.13. The summed E-state index contributed by atoms with van der Waals surface area (Å²) < 4.78 is 112. The molecule has 0 unspecified atom stereocenters. The van der Waals surface area contributed by atoms with E-state index in [1.165, 1.54) is 20.8 Å². The van der Waals surface area contributed by atoms with Gasteiger partial charge in [0.2, 0.25) is 0 Å². The van der Waals surface area contributed by atoms with Gasteiger partial charge in [0, 0.05) is 0 Å². The first-order valence-electron chi connectivity index (χ1n) is 5.33. The van der Waals surface area contributed by atoms with E-state index < -0.39 is 35.4 Å². The van der Waals surface area contributed by atoms with E-state index in [9.17, 15) is 39.5 Å². The van der Waals surface area contributed by atoms with Crippen molar-refractivity contribution in [3.63, 3.8) is 0 Å².